The topological polar surface area (TPSA) is 37.3 Å². The normalized spacial score (nSPS) is 10.2. The van der Waals surface area contributed by atoms with Crippen LogP contribution in [0.25, 0.3) is 0 Å². The molecule has 0 spiro atoms. The van der Waals surface area contributed by atoms with Gasteiger partial charge in [-0.1, -0.05) is 12.1 Å². The molecule has 0 heterocycles. The van der Waals surface area contributed by atoms with Crippen LogP contribution in [0.5, 0.6) is 0 Å². The number of carbonyl (C=O) groups is 1. The molecule has 0 aliphatic rings. The monoisotopic (exact) mass is 212 g/mol. The summed E-state index contributed by atoms with van der Waals surface area (Å²) in [5, 5.41) is 8.76. The van der Waals surface area contributed by atoms with Gasteiger partial charge < -0.3 is 5.11 Å². The number of aliphatic carboxylic acids is 1. The van der Waals surface area contributed by atoms with E-state index in [1.807, 2.05) is 26.0 Å². The summed E-state index contributed by atoms with van der Waals surface area (Å²) in [6.45, 7) is 3.86. The van der Waals surface area contributed by atoms with E-state index in [0.717, 1.165) is 22.3 Å². The first-order chi connectivity index (χ1) is 6.56. The van der Waals surface area contributed by atoms with E-state index in [1.165, 1.54) is 0 Å². The molecule has 0 unspecified atom stereocenters. The average Bonchev–Trinajstić information content (AvgIpc) is 2.11. The number of carboxylic acid groups (broad SMARTS) is 1. The Labute approximate surface area is 88.5 Å². The molecule has 0 saturated heterocycles. The summed E-state index contributed by atoms with van der Waals surface area (Å²) in [6.07, 6.45) is 0.0512. The lowest BCUT2D eigenvalue weighted by Crippen LogP contribution is -2.06. The zero-order valence-corrected chi connectivity index (χ0v) is 9.06. The molecule has 3 heteroatoms. The van der Waals surface area contributed by atoms with Crippen LogP contribution in [0.15, 0.2) is 12.1 Å². The number of alkyl halides is 1. The van der Waals surface area contributed by atoms with Crippen molar-refractivity contribution in [1.82, 2.24) is 0 Å². The van der Waals surface area contributed by atoms with Crippen LogP contribution in [0.4, 0.5) is 0 Å². The van der Waals surface area contributed by atoms with Gasteiger partial charge in [0.1, 0.15) is 0 Å². The van der Waals surface area contributed by atoms with Crippen molar-refractivity contribution in [1.29, 1.82) is 0 Å². The predicted molar refractivity (Wildman–Crippen MR) is 56.8 cm³/mol. The molecule has 0 aliphatic carbocycles. The van der Waals surface area contributed by atoms with Crippen LogP contribution in [0.2, 0.25) is 0 Å². The largest absolute Gasteiger partial charge is 0.481 e. The number of halogens is 1. The van der Waals surface area contributed by atoms with Crippen molar-refractivity contribution in [2.75, 3.05) is 0 Å². The molecule has 0 fully saturated rings. The Bertz CT molecular complexity index is 359. The summed E-state index contributed by atoms with van der Waals surface area (Å²) in [4.78, 5) is 10.7. The molecule has 1 rings (SSSR count). The van der Waals surface area contributed by atoms with Gasteiger partial charge in [0.2, 0.25) is 0 Å². The van der Waals surface area contributed by atoms with Gasteiger partial charge in [-0.2, -0.15) is 0 Å². The molecule has 1 aromatic rings. The molecular formula is C11H13ClO2. The van der Waals surface area contributed by atoms with Crippen molar-refractivity contribution in [3.05, 3.63) is 34.4 Å². The Morgan fingerprint density at radius 2 is 1.79 bits per heavy atom. The molecule has 0 aromatic heterocycles. The Kier molecular flexibility index (Phi) is 3.53. The number of rotatable bonds is 3. The molecule has 1 N–H and O–H groups in total. The smallest absolute Gasteiger partial charge is 0.307 e. The third-order valence-electron chi connectivity index (χ3n) is 2.36. The van der Waals surface area contributed by atoms with E-state index in [2.05, 4.69) is 0 Å². The van der Waals surface area contributed by atoms with Gasteiger partial charge in [-0.05, 0) is 36.1 Å². The molecule has 2 nitrogen and oxygen atoms in total. The van der Waals surface area contributed by atoms with Crippen molar-refractivity contribution in [3.8, 4) is 0 Å². The summed E-state index contributed by atoms with van der Waals surface area (Å²) in [5.74, 6) is -0.444. The Morgan fingerprint density at radius 1 is 1.29 bits per heavy atom. The maximum absolute atomic E-state index is 10.7. The lowest BCUT2D eigenvalue weighted by Gasteiger charge is -2.11. The lowest BCUT2D eigenvalue weighted by molar-refractivity contribution is -0.136. The first kappa shape index (κ1) is 11.1. The molecule has 0 saturated carbocycles. The molecule has 0 atom stereocenters. The Balaban J connectivity index is 3.22. The van der Waals surface area contributed by atoms with Gasteiger partial charge in [-0.25, -0.2) is 0 Å². The number of hydrogen-bond acceptors (Lipinski definition) is 1. The molecule has 0 aliphatic heterocycles. The van der Waals surface area contributed by atoms with Gasteiger partial charge >= 0.3 is 5.97 Å². The van der Waals surface area contributed by atoms with E-state index in [1.54, 1.807) is 0 Å². The van der Waals surface area contributed by atoms with Crippen LogP contribution in [-0.2, 0) is 17.1 Å². The highest BCUT2D eigenvalue weighted by Gasteiger charge is 2.10. The highest BCUT2D eigenvalue weighted by molar-refractivity contribution is 6.17. The summed E-state index contributed by atoms with van der Waals surface area (Å²) in [7, 11) is 0. The van der Waals surface area contributed by atoms with Gasteiger partial charge in [0.25, 0.3) is 0 Å². The van der Waals surface area contributed by atoms with E-state index in [9.17, 15) is 4.79 Å². The third-order valence-corrected chi connectivity index (χ3v) is 2.63. The maximum atomic E-state index is 10.7. The first-order valence-electron chi connectivity index (χ1n) is 4.42. The van der Waals surface area contributed by atoms with Crippen molar-refractivity contribution in [2.45, 2.75) is 26.1 Å². The second-order valence-corrected chi connectivity index (χ2v) is 3.63. The van der Waals surface area contributed by atoms with Gasteiger partial charge in [-0.15, -0.1) is 11.6 Å². The van der Waals surface area contributed by atoms with E-state index >= 15 is 0 Å². The summed E-state index contributed by atoms with van der Waals surface area (Å²) < 4.78 is 0. The molecular weight excluding hydrogens is 200 g/mol. The lowest BCUT2D eigenvalue weighted by atomic mass is 9.96. The van der Waals surface area contributed by atoms with Crippen LogP contribution >= 0.6 is 11.6 Å². The fourth-order valence-electron chi connectivity index (χ4n) is 1.51. The fourth-order valence-corrected chi connectivity index (χ4v) is 1.88. The Hall–Kier alpha value is -1.02. The van der Waals surface area contributed by atoms with E-state index in [0.29, 0.717) is 5.88 Å². The highest BCUT2D eigenvalue weighted by Crippen LogP contribution is 2.21. The van der Waals surface area contributed by atoms with E-state index in [4.69, 9.17) is 16.7 Å². The minimum atomic E-state index is -0.815. The average molecular weight is 213 g/mol. The third kappa shape index (κ3) is 2.26. The number of aryl methyl sites for hydroxylation is 2. The number of carboxylic acids is 1. The van der Waals surface area contributed by atoms with E-state index < -0.39 is 5.97 Å². The second kappa shape index (κ2) is 4.47. The summed E-state index contributed by atoms with van der Waals surface area (Å²) in [6, 6.07) is 3.90. The van der Waals surface area contributed by atoms with Gasteiger partial charge in [0.15, 0.2) is 0 Å². The second-order valence-electron chi connectivity index (χ2n) is 3.36. The van der Waals surface area contributed by atoms with Crippen LogP contribution in [0, 0.1) is 13.8 Å². The molecule has 0 radical (unpaired) electrons. The summed E-state index contributed by atoms with van der Waals surface area (Å²) >= 11 is 5.80. The van der Waals surface area contributed by atoms with Crippen molar-refractivity contribution >= 4 is 17.6 Å². The molecule has 1 aromatic carbocycles. The van der Waals surface area contributed by atoms with Crippen molar-refractivity contribution in [3.63, 3.8) is 0 Å². The van der Waals surface area contributed by atoms with Gasteiger partial charge in [0, 0.05) is 5.88 Å². The maximum Gasteiger partial charge on any atom is 0.307 e. The van der Waals surface area contributed by atoms with Gasteiger partial charge in [-0.3, -0.25) is 4.79 Å². The first-order valence-corrected chi connectivity index (χ1v) is 4.95. The van der Waals surface area contributed by atoms with Crippen molar-refractivity contribution in [2.24, 2.45) is 0 Å². The molecule has 14 heavy (non-hydrogen) atoms. The highest BCUT2D eigenvalue weighted by atomic mass is 35.5. The van der Waals surface area contributed by atoms with Crippen LogP contribution < -0.4 is 0 Å². The summed E-state index contributed by atoms with van der Waals surface area (Å²) in [5.41, 5.74) is 3.86. The van der Waals surface area contributed by atoms with Crippen LogP contribution in [0.1, 0.15) is 22.3 Å². The molecule has 76 valence electrons. The SMILES string of the molecule is Cc1ccc(C)c(CC(=O)O)c1CCl. The number of benzene rings is 1. The number of hydrogen-bond donors (Lipinski definition) is 1. The zero-order valence-electron chi connectivity index (χ0n) is 8.30. The minimum absolute atomic E-state index is 0.0512. The minimum Gasteiger partial charge on any atom is -0.481 e. The van der Waals surface area contributed by atoms with E-state index in [-0.39, 0.29) is 6.42 Å². The molecule has 0 amide bonds. The van der Waals surface area contributed by atoms with Gasteiger partial charge in [0.05, 0.1) is 6.42 Å². The predicted octanol–water partition coefficient (Wildman–Crippen LogP) is 2.67. The Morgan fingerprint density at radius 3 is 2.21 bits per heavy atom. The van der Waals surface area contributed by atoms with Crippen molar-refractivity contribution < 1.29 is 9.90 Å². The van der Waals surface area contributed by atoms with Crippen LogP contribution in [-0.4, -0.2) is 11.1 Å². The fraction of sp³-hybridized carbons (Fsp3) is 0.364. The standard InChI is InChI=1S/C11H13ClO2/c1-7-3-4-8(2)10(6-12)9(7)5-11(13)14/h3-4H,5-6H2,1-2H3,(H,13,14). The zero-order chi connectivity index (χ0) is 10.7. The van der Waals surface area contributed by atoms with Crippen LogP contribution in [0.3, 0.4) is 0 Å². The molecule has 0 bridgehead atoms. The quantitative estimate of drug-likeness (QED) is 0.783.